The second-order valence-electron chi connectivity index (χ2n) is 6.16. The zero-order chi connectivity index (χ0) is 16.8. The Balaban J connectivity index is 1.48. The van der Waals surface area contributed by atoms with Crippen LogP contribution < -0.4 is 5.32 Å². The van der Waals surface area contributed by atoms with E-state index < -0.39 is 6.10 Å². The fourth-order valence-electron chi connectivity index (χ4n) is 3.08. The summed E-state index contributed by atoms with van der Waals surface area (Å²) in [6.07, 6.45) is 0.931. The number of aliphatic hydroxyl groups is 1. The first-order valence-electron chi connectivity index (χ1n) is 8.40. The van der Waals surface area contributed by atoms with E-state index in [1.807, 2.05) is 48.5 Å². The van der Waals surface area contributed by atoms with Crippen LogP contribution in [0.1, 0.15) is 29.2 Å². The second-order valence-corrected chi connectivity index (χ2v) is 6.16. The summed E-state index contributed by atoms with van der Waals surface area (Å²) >= 11 is 0. The van der Waals surface area contributed by atoms with E-state index >= 15 is 0 Å². The van der Waals surface area contributed by atoms with Gasteiger partial charge in [-0.3, -0.25) is 4.79 Å². The molecule has 0 bridgehead atoms. The summed E-state index contributed by atoms with van der Waals surface area (Å²) in [6, 6.07) is 17.9. The number of amides is 1. The molecular formula is C20H23NO3. The molecule has 2 N–H and O–H groups in total. The van der Waals surface area contributed by atoms with Crippen molar-refractivity contribution in [3.8, 4) is 0 Å². The molecule has 0 spiro atoms. The molecule has 2 aromatic carbocycles. The predicted molar refractivity (Wildman–Crippen MR) is 92.6 cm³/mol. The number of carbonyl (C=O) groups excluding carboxylic acids is 1. The largest absolute Gasteiger partial charge is 0.391 e. The van der Waals surface area contributed by atoms with Crippen molar-refractivity contribution in [2.75, 3.05) is 13.2 Å². The van der Waals surface area contributed by atoms with Crippen molar-refractivity contribution in [3.05, 3.63) is 71.3 Å². The molecule has 2 atom stereocenters. The van der Waals surface area contributed by atoms with Crippen LogP contribution in [0.4, 0.5) is 0 Å². The highest BCUT2D eigenvalue weighted by atomic mass is 16.5. The molecule has 0 fully saturated rings. The average molecular weight is 325 g/mol. The van der Waals surface area contributed by atoms with Crippen LogP contribution in [0, 0.1) is 0 Å². The molecule has 0 saturated heterocycles. The lowest BCUT2D eigenvalue weighted by Crippen LogP contribution is -2.34. The Hall–Kier alpha value is -2.17. The molecule has 0 radical (unpaired) electrons. The Kier molecular flexibility index (Phi) is 5.62. The van der Waals surface area contributed by atoms with Gasteiger partial charge < -0.3 is 15.2 Å². The topological polar surface area (TPSA) is 58.6 Å². The maximum atomic E-state index is 12.2. The Labute approximate surface area is 142 Å². The Morgan fingerprint density at radius 3 is 2.75 bits per heavy atom. The van der Waals surface area contributed by atoms with Crippen LogP contribution in [0.5, 0.6) is 0 Å². The van der Waals surface area contributed by atoms with Crippen molar-refractivity contribution >= 4 is 5.91 Å². The molecule has 4 nitrogen and oxygen atoms in total. The van der Waals surface area contributed by atoms with Gasteiger partial charge in [0, 0.05) is 13.0 Å². The first-order valence-corrected chi connectivity index (χ1v) is 8.40. The van der Waals surface area contributed by atoms with Crippen LogP contribution in [0.15, 0.2) is 54.6 Å². The molecule has 1 aliphatic rings. The second kappa shape index (κ2) is 8.08. The number of rotatable bonds is 6. The van der Waals surface area contributed by atoms with Crippen LogP contribution in [0.2, 0.25) is 0 Å². The van der Waals surface area contributed by atoms with E-state index in [-0.39, 0.29) is 25.0 Å². The minimum atomic E-state index is -0.587. The van der Waals surface area contributed by atoms with E-state index in [1.165, 1.54) is 5.56 Å². The van der Waals surface area contributed by atoms with E-state index in [1.54, 1.807) is 0 Å². The van der Waals surface area contributed by atoms with Crippen LogP contribution in [0.3, 0.4) is 0 Å². The Morgan fingerprint density at radius 2 is 1.92 bits per heavy atom. The van der Waals surface area contributed by atoms with Gasteiger partial charge in [-0.2, -0.15) is 0 Å². The summed E-state index contributed by atoms with van der Waals surface area (Å²) in [6.45, 7) is 0.897. The lowest BCUT2D eigenvalue weighted by molar-refractivity contribution is -0.124. The number of hydrogen-bond acceptors (Lipinski definition) is 3. The van der Waals surface area contributed by atoms with Gasteiger partial charge in [-0.25, -0.2) is 0 Å². The molecule has 126 valence electrons. The van der Waals surface area contributed by atoms with E-state index in [0.29, 0.717) is 13.0 Å². The standard InChI is InChI=1S/C20H23NO3/c22-17(12-15-6-2-1-3-7-15)14-21-20(23)13-19-18-9-5-4-8-16(18)10-11-24-19/h1-9,17,19,22H,10-14H2,(H,21,23). The molecule has 0 aromatic heterocycles. The zero-order valence-corrected chi connectivity index (χ0v) is 13.7. The van der Waals surface area contributed by atoms with Crippen LogP contribution >= 0.6 is 0 Å². The van der Waals surface area contributed by atoms with Crippen molar-refractivity contribution in [3.63, 3.8) is 0 Å². The fraction of sp³-hybridized carbons (Fsp3) is 0.350. The normalized spacial score (nSPS) is 17.8. The highest BCUT2D eigenvalue weighted by molar-refractivity contribution is 5.76. The highest BCUT2D eigenvalue weighted by Gasteiger charge is 2.23. The summed E-state index contributed by atoms with van der Waals surface area (Å²) in [5, 5.41) is 12.9. The molecule has 2 aromatic rings. The molecule has 24 heavy (non-hydrogen) atoms. The smallest absolute Gasteiger partial charge is 0.223 e. The summed E-state index contributed by atoms with van der Waals surface area (Å²) in [5.41, 5.74) is 3.41. The van der Waals surface area contributed by atoms with E-state index in [0.717, 1.165) is 17.5 Å². The first-order chi connectivity index (χ1) is 11.7. The van der Waals surface area contributed by atoms with Crippen molar-refractivity contribution in [2.45, 2.75) is 31.5 Å². The Bertz CT molecular complexity index is 672. The molecule has 2 unspecified atom stereocenters. The van der Waals surface area contributed by atoms with Gasteiger partial charge in [0.05, 0.1) is 25.2 Å². The molecule has 0 aliphatic carbocycles. The van der Waals surface area contributed by atoms with Gasteiger partial charge in [0.25, 0.3) is 0 Å². The molecule has 3 rings (SSSR count). The van der Waals surface area contributed by atoms with Gasteiger partial charge in [0.2, 0.25) is 5.91 Å². The summed E-state index contributed by atoms with van der Waals surface area (Å²) < 4.78 is 5.75. The van der Waals surface area contributed by atoms with Crippen LogP contribution in [0.25, 0.3) is 0 Å². The molecular weight excluding hydrogens is 302 g/mol. The molecule has 1 aliphatic heterocycles. The zero-order valence-electron chi connectivity index (χ0n) is 13.7. The number of carbonyl (C=O) groups is 1. The van der Waals surface area contributed by atoms with Gasteiger partial charge in [0.15, 0.2) is 0 Å². The van der Waals surface area contributed by atoms with Crippen molar-refractivity contribution in [2.24, 2.45) is 0 Å². The van der Waals surface area contributed by atoms with Crippen molar-refractivity contribution < 1.29 is 14.6 Å². The van der Waals surface area contributed by atoms with Gasteiger partial charge >= 0.3 is 0 Å². The fourth-order valence-corrected chi connectivity index (χ4v) is 3.08. The summed E-state index contributed by atoms with van der Waals surface area (Å²) in [4.78, 5) is 12.2. The maximum absolute atomic E-state index is 12.2. The third-order valence-electron chi connectivity index (χ3n) is 4.31. The first kappa shape index (κ1) is 16.7. The number of fused-ring (bicyclic) bond motifs is 1. The number of hydrogen-bond donors (Lipinski definition) is 2. The summed E-state index contributed by atoms with van der Waals surface area (Å²) in [7, 11) is 0. The number of nitrogens with one attached hydrogen (secondary N) is 1. The minimum Gasteiger partial charge on any atom is -0.391 e. The van der Waals surface area contributed by atoms with E-state index in [2.05, 4.69) is 11.4 Å². The lowest BCUT2D eigenvalue weighted by atomic mass is 9.95. The lowest BCUT2D eigenvalue weighted by Gasteiger charge is -2.25. The third kappa shape index (κ3) is 4.43. The SMILES string of the molecule is O=C(CC1OCCc2ccccc21)NCC(O)Cc1ccccc1. The van der Waals surface area contributed by atoms with E-state index in [4.69, 9.17) is 4.74 Å². The highest BCUT2D eigenvalue weighted by Crippen LogP contribution is 2.29. The Morgan fingerprint density at radius 1 is 1.17 bits per heavy atom. The summed E-state index contributed by atoms with van der Waals surface area (Å²) in [5.74, 6) is -0.0937. The van der Waals surface area contributed by atoms with Gasteiger partial charge in [-0.05, 0) is 23.1 Å². The number of aliphatic hydroxyl groups excluding tert-OH is 1. The van der Waals surface area contributed by atoms with Crippen LogP contribution in [-0.4, -0.2) is 30.3 Å². The van der Waals surface area contributed by atoms with Gasteiger partial charge in [0.1, 0.15) is 0 Å². The number of ether oxygens (including phenoxy) is 1. The molecule has 4 heteroatoms. The number of benzene rings is 2. The minimum absolute atomic E-state index is 0.0937. The van der Waals surface area contributed by atoms with Crippen molar-refractivity contribution in [1.29, 1.82) is 0 Å². The molecule has 1 heterocycles. The van der Waals surface area contributed by atoms with Crippen LogP contribution in [-0.2, 0) is 22.4 Å². The van der Waals surface area contributed by atoms with Gasteiger partial charge in [-0.15, -0.1) is 0 Å². The molecule has 1 amide bonds. The third-order valence-corrected chi connectivity index (χ3v) is 4.31. The average Bonchev–Trinajstić information content (AvgIpc) is 2.61. The van der Waals surface area contributed by atoms with Gasteiger partial charge in [-0.1, -0.05) is 54.6 Å². The quantitative estimate of drug-likeness (QED) is 0.857. The molecule has 0 saturated carbocycles. The van der Waals surface area contributed by atoms with E-state index in [9.17, 15) is 9.90 Å². The maximum Gasteiger partial charge on any atom is 0.223 e. The van der Waals surface area contributed by atoms with Crippen molar-refractivity contribution in [1.82, 2.24) is 5.32 Å². The monoisotopic (exact) mass is 325 g/mol. The predicted octanol–water partition coefficient (Wildman–Crippen LogP) is 2.41.